The van der Waals surface area contributed by atoms with Gasteiger partial charge < -0.3 is 0 Å². The molecule has 1 fully saturated rings. The lowest BCUT2D eigenvalue weighted by Crippen LogP contribution is -2.37. The predicted octanol–water partition coefficient (Wildman–Crippen LogP) is 2.62. The lowest BCUT2D eigenvalue weighted by atomic mass is 9.78. The molecule has 0 saturated carbocycles. The molecule has 1 saturated heterocycles. The van der Waals surface area contributed by atoms with Crippen LogP contribution in [0.1, 0.15) is 32.8 Å². The van der Waals surface area contributed by atoms with Crippen LogP contribution in [-0.2, 0) is 9.59 Å². The van der Waals surface area contributed by atoms with Crippen LogP contribution in [0.15, 0.2) is 18.2 Å². The summed E-state index contributed by atoms with van der Waals surface area (Å²) in [6.07, 6.45) is 0.103. The number of benzene rings is 1. The van der Waals surface area contributed by atoms with E-state index >= 15 is 0 Å². The molecule has 0 bridgehead atoms. The van der Waals surface area contributed by atoms with Crippen molar-refractivity contribution in [2.75, 3.05) is 4.90 Å². The maximum Gasteiger partial charge on any atom is 0.240 e. The first-order chi connectivity index (χ1) is 9.31. The zero-order valence-electron chi connectivity index (χ0n) is 11.6. The number of nitrogens with zero attached hydrogens (tertiary/aromatic N) is 2. The normalized spacial score (nSPS) is 22.5. The molecule has 1 aliphatic heterocycles. The van der Waals surface area contributed by atoms with Gasteiger partial charge in [0.2, 0.25) is 11.8 Å². The molecule has 1 heterocycles. The first-order valence-electron chi connectivity index (χ1n) is 6.38. The van der Waals surface area contributed by atoms with Gasteiger partial charge in [0.25, 0.3) is 0 Å². The van der Waals surface area contributed by atoms with Gasteiger partial charge in [-0.2, -0.15) is 5.26 Å². The van der Waals surface area contributed by atoms with Gasteiger partial charge in [-0.05, 0) is 31.0 Å². The van der Waals surface area contributed by atoms with Crippen LogP contribution in [0.3, 0.4) is 0 Å². The standard InChI is InChI=1S/C15H15FN2O2/c1-9(2)15(3)7-13(19)18(14(15)20)12-5-4-11(16)6-10(12)8-17/h4-6,9H,7H2,1-3H3. The molecule has 1 aromatic rings. The number of rotatable bonds is 2. The number of amides is 2. The summed E-state index contributed by atoms with van der Waals surface area (Å²) in [6, 6.07) is 5.30. The molecular formula is C15H15FN2O2. The number of imide groups is 1. The summed E-state index contributed by atoms with van der Waals surface area (Å²) < 4.78 is 13.2. The molecule has 1 aliphatic rings. The van der Waals surface area contributed by atoms with Gasteiger partial charge in [-0.3, -0.25) is 9.59 Å². The van der Waals surface area contributed by atoms with Crippen LogP contribution < -0.4 is 4.90 Å². The molecular weight excluding hydrogens is 259 g/mol. The van der Waals surface area contributed by atoms with E-state index in [1.54, 1.807) is 6.92 Å². The van der Waals surface area contributed by atoms with E-state index in [2.05, 4.69) is 0 Å². The molecule has 0 aromatic heterocycles. The quantitative estimate of drug-likeness (QED) is 0.779. The summed E-state index contributed by atoms with van der Waals surface area (Å²) >= 11 is 0. The van der Waals surface area contributed by atoms with E-state index in [4.69, 9.17) is 5.26 Å². The smallest absolute Gasteiger partial charge is 0.240 e. The third-order valence-corrected chi connectivity index (χ3v) is 4.05. The van der Waals surface area contributed by atoms with E-state index in [0.29, 0.717) is 0 Å². The summed E-state index contributed by atoms with van der Waals surface area (Å²) in [5, 5.41) is 9.05. The van der Waals surface area contributed by atoms with Gasteiger partial charge in [0.15, 0.2) is 0 Å². The minimum Gasteiger partial charge on any atom is -0.274 e. The fourth-order valence-electron chi connectivity index (χ4n) is 2.33. The Bertz CT molecular complexity index is 633. The predicted molar refractivity (Wildman–Crippen MR) is 71.2 cm³/mol. The van der Waals surface area contributed by atoms with Crippen molar-refractivity contribution in [1.82, 2.24) is 0 Å². The fraction of sp³-hybridized carbons (Fsp3) is 0.400. The summed E-state index contributed by atoms with van der Waals surface area (Å²) in [5.41, 5.74) is -0.633. The minimum absolute atomic E-state index is 0.00469. The first kappa shape index (κ1) is 14.2. The molecule has 1 aromatic carbocycles. The summed E-state index contributed by atoms with van der Waals surface area (Å²) in [4.78, 5) is 25.7. The Morgan fingerprint density at radius 1 is 1.40 bits per heavy atom. The van der Waals surface area contributed by atoms with Crippen LogP contribution in [0.25, 0.3) is 0 Å². The van der Waals surface area contributed by atoms with Gasteiger partial charge in [-0.15, -0.1) is 0 Å². The summed E-state index contributed by atoms with van der Waals surface area (Å²) in [5.74, 6) is -1.26. The van der Waals surface area contributed by atoms with Crippen LogP contribution in [-0.4, -0.2) is 11.8 Å². The second-order valence-electron chi connectivity index (χ2n) is 5.56. The lowest BCUT2D eigenvalue weighted by Gasteiger charge is -2.26. The molecule has 0 radical (unpaired) electrons. The highest BCUT2D eigenvalue weighted by molar-refractivity contribution is 6.23. The Kier molecular flexibility index (Phi) is 3.34. The third kappa shape index (κ3) is 1.97. The number of anilines is 1. The van der Waals surface area contributed by atoms with E-state index in [9.17, 15) is 14.0 Å². The molecule has 1 atom stereocenters. The third-order valence-electron chi connectivity index (χ3n) is 4.05. The highest BCUT2D eigenvalue weighted by atomic mass is 19.1. The van der Waals surface area contributed by atoms with Crippen molar-refractivity contribution < 1.29 is 14.0 Å². The zero-order valence-corrected chi connectivity index (χ0v) is 11.6. The Hall–Kier alpha value is -2.22. The number of carbonyl (C=O) groups excluding carboxylic acids is 2. The van der Waals surface area contributed by atoms with E-state index in [1.807, 2.05) is 19.9 Å². The van der Waals surface area contributed by atoms with E-state index in [0.717, 1.165) is 17.0 Å². The average molecular weight is 274 g/mol. The Morgan fingerprint density at radius 3 is 2.55 bits per heavy atom. The van der Waals surface area contributed by atoms with Gasteiger partial charge in [-0.25, -0.2) is 9.29 Å². The van der Waals surface area contributed by atoms with Crippen molar-refractivity contribution >= 4 is 17.5 Å². The van der Waals surface area contributed by atoms with Crippen molar-refractivity contribution in [3.63, 3.8) is 0 Å². The fourth-order valence-corrected chi connectivity index (χ4v) is 2.33. The van der Waals surface area contributed by atoms with Gasteiger partial charge in [0.1, 0.15) is 11.9 Å². The topological polar surface area (TPSA) is 61.2 Å². The number of halogens is 1. The molecule has 104 valence electrons. The van der Waals surface area contributed by atoms with Crippen LogP contribution >= 0.6 is 0 Å². The molecule has 5 heteroatoms. The van der Waals surface area contributed by atoms with Crippen molar-refractivity contribution in [2.24, 2.45) is 11.3 Å². The monoisotopic (exact) mass is 274 g/mol. The van der Waals surface area contributed by atoms with E-state index in [1.165, 1.54) is 6.07 Å². The maximum absolute atomic E-state index is 13.2. The van der Waals surface area contributed by atoms with Crippen molar-refractivity contribution in [1.29, 1.82) is 5.26 Å². The Morgan fingerprint density at radius 2 is 2.05 bits per heavy atom. The Labute approximate surface area is 116 Å². The number of nitriles is 1. The number of hydrogen-bond acceptors (Lipinski definition) is 3. The molecule has 0 N–H and O–H groups in total. The molecule has 2 rings (SSSR count). The average Bonchev–Trinajstić information content (AvgIpc) is 2.62. The van der Waals surface area contributed by atoms with Crippen molar-refractivity contribution in [3.05, 3.63) is 29.6 Å². The van der Waals surface area contributed by atoms with Crippen LogP contribution in [0, 0.1) is 28.5 Å². The van der Waals surface area contributed by atoms with Gasteiger partial charge in [-0.1, -0.05) is 13.8 Å². The van der Waals surface area contributed by atoms with Crippen LogP contribution in [0.5, 0.6) is 0 Å². The molecule has 0 spiro atoms. The molecule has 20 heavy (non-hydrogen) atoms. The SMILES string of the molecule is CC(C)C1(C)CC(=O)N(c2ccc(F)cc2C#N)C1=O. The lowest BCUT2D eigenvalue weighted by molar-refractivity contribution is -0.126. The zero-order chi connectivity index (χ0) is 15.1. The molecule has 0 aliphatic carbocycles. The van der Waals surface area contributed by atoms with Gasteiger partial charge >= 0.3 is 0 Å². The largest absolute Gasteiger partial charge is 0.274 e. The maximum atomic E-state index is 13.2. The number of carbonyl (C=O) groups is 2. The van der Waals surface area contributed by atoms with Gasteiger partial charge in [0, 0.05) is 6.42 Å². The minimum atomic E-state index is -0.780. The first-order valence-corrected chi connectivity index (χ1v) is 6.38. The molecule has 1 unspecified atom stereocenters. The summed E-state index contributed by atoms with van der Waals surface area (Å²) in [7, 11) is 0. The number of hydrogen-bond donors (Lipinski definition) is 0. The van der Waals surface area contributed by atoms with E-state index in [-0.39, 0.29) is 35.4 Å². The molecule has 2 amide bonds. The summed E-state index contributed by atoms with van der Waals surface area (Å²) in [6.45, 7) is 5.50. The van der Waals surface area contributed by atoms with Crippen molar-refractivity contribution in [3.8, 4) is 6.07 Å². The van der Waals surface area contributed by atoms with Crippen LogP contribution in [0.4, 0.5) is 10.1 Å². The van der Waals surface area contributed by atoms with Gasteiger partial charge in [0.05, 0.1) is 16.7 Å². The Balaban J connectivity index is 2.52. The van der Waals surface area contributed by atoms with E-state index < -0.39 is 11.2 Å². The van der Waals surface area contributed by atoms with Crippen LogP contribution in [0.2, 0.25) is 0 Å². The second kappa shape index (κ2) is 4.71. The highest BCUT2D eigenvalue weighted by Gasteiger charge is 2.51. The molecule has 4 nitrogen and oxygen atoms in total. The second-order valence-corrected chi connectivity index (χ2v) is 5.56. The highest BCUT2D eigenvalue weighted by Crippen LogP contribution is 2.41. The van der Waals surface area contributed by atoms with Crippen molar-refractivity contribution in [2.45, 2.75) is 27.2 Å².